The van der Waals surface area contributed by atoms with Crippen molar-refractivity contribution in [3.05, 3.63) is 28.8 Å². The molecule has 1 aromatic carbocycles. The molecule has 0 radical (unpaired) electrons. The summed E-state index contributed by atoms with van der Waals surface area (Å²) in [6.45, 7) is 7.66. The molecule has 1 saturated heterocycles. The fourth-order valence-corrected chi connectivity index (χ4v) is 6.38. The summed E-state index contributed by atoms with van der Waals surface area (Å²) < 4.78 is 6.05. The summed E-state index contributed by atoms with van der Waals surface area (Å²) in [6, 6.07) is 6.76. The van der Waals surface area contributed by atoms with E-state index < -0.39 is 5.54 Å². The number of likely N-dealkylation sites (N-methyl/N-ethyl adjacent to an activating group) is 2. The molecule has 4 heterocycles. The molecular weight excluding hydrogens is 442 g/mol. The molecule has 0 aromatic heterocycles. The summed E-state index contributed by atoms with van der Waals surface area (Å²) in [6.07, 6.45) is 1.73. The maximum atomic E-state index is 12.8. The lowest BCUT2D eigenvalue weighted by molar-refractivity contribution is -0.168. The van der Waals surface area contributed by atoms with Gasteiger partial charge in [-0.2, -0.15) is 5.06 Å². The van der Waals surface area contributed by atoms with E-state index in [2.05, 4.69) is 52.3 Å². The summed E-state index contributed by atoms with van der Waals surface area (Å²) in [7, 11) is 4.29. The number of hydroxylamine groups is 2. The highest BCUT2D eigenvalue weighted by Gasteiger charge is 2.47. The van der Waals surface area contributed by atoms with E-state index in [4.69, 9.17) is 9.57 Å². The summed E-state index contributed by atoms with van der Waals surface area (Å²) in [4.78, 5) is 37.0. The molecule has 5 rings (SSSR count). The fourth-order valence-electron chi connectivity index (χ4n) is 5.09. The van der Waals surface area contributed by atoms with Crippen LogP contribution >= 0.6 is 11.8 Å². The fraction of sp³-hybridized carbons (Fsp3) is 0.565. The Morgan fingerprint density at radius 3 is 2.88 bits per heavy atom. The van der Waals surface area contributed by atoms with Crippen molar-refractivity contribution < 1.29 is 19.2 Å². The van der Waals surface area contributed by atoms with Gasteiger partial charge in [0.05, 0.1) is 22.8 Å². The van der Waals surface area contributed by atoms with Gasteiger partial charge in [-0.1, -0.05) is 11.8 Å². The zero-order valence-electron chi connectivity index (χ0n) is 19.5. The minimum Gasteiger partial charge on any atom is -0.489 e. The average Bonchev–Trinajstić information content (AvgIpc) is 3.36. The SMILES string of the molecule is CN1CCC(N(C)c2ccc3c(c2)OCCN3C2SC3=C(CC(C)(C)NC3=O)N2OC=O)C1. The summed E-state index contributed by atoms with van der Waals surface area (Å²) >= 11 is 1.42. The van der Waals surface area contributed by atoms with Crippen LogP contribution in [0.25, 0.3) is 0 Å². The predicted octanol–water partition coefficient (Wildman–Crippen LogP) is 1.96. The van der Waals surface area contributed by atoms with E-state index in [1.807, 2.05) is 13.8 Å². The van der Waals surface area contributed by atoms with Gasteiger partial charge in [0, 0.05) is 43.3 Å². The maximum Gasteiger partial charge on any atom is 0.320 e. The van der Waals surface area contributed by atoms with Crippen LogP contribution in [0.2, 0.25) is 0 Å². The number of thioether (sulfide) groups is 1. The minimum absolute atomic E-state index is 0.125. The molecule has 2 atom stereocenters. The van der Waals surface area contributed by atoms with E-state index in [0.29, 0.717) is 37.0 Å². The number of nitrogens with one attached hydrogen (secondary N) is 1. The normalized spacial score (nSPS) is 26.5. The number of anilines is 2. The van der Waals surface area contributed by atoms with E-state index >= 15 is 0 Å². The van der Waals surface area contributed by atoms with Gasteiger partial charge in [-0.15, -0.1) is 0 Å². The third-order valence-electron chi connectivity index (χ3n) is 6.81. The molecule has 1 N–H and O–H groups in total. The van der Waals surface area contributed by atoms with Crippen LogP contribution in [0.15, 0.2) is 28.8 Å². The van der Waals surface area contributed by atoms with Gasteiger partial charge in [-0.3, -0.25) is 9.59 Å². The topological polar surface area (TPSA) is 77.6 Å². The number of likely N-dealkylation sites (tertiary alicyclic amines) is 1. The van der Waals surface area contributed by atoms with Gasteiger partial charge in [0.2, 0.25) is 0 Å². The highest BCUT2D eigenvalue weighted by Crippen LogP contribution is 2.48. The third-order valence-corrected chi connectivity index (χ3v) is 8.12. The number of carbonyl (C=O) groups is 2. The lowest BCUT2D eigenvalue weighted by Gasteiger charge is -2.40. The van der Waals surface area contributed by atoms with Crippen LogP contribution in [0.3, 0.4) is 0 Å². The number of ether oxygens (including phenoxy) is 1. The van der Waals surface area contributed by atoms with Gasteiger partial charge >= 0.3 is 6.47 Å². The second kappa shape index (κ2) is 8.32. The third kappa shape index (κ3) is 3.99. The van der Waals surface area contributed by atoms with E-state index in [-0.39, 0.29) is 11.4 Å². The van der Waals surface area contributed by atoms with Gasteiger partial charge in [0.15, 0.2) is 5.50 Å². The molecule has 33 heavy (non-hydrogen) atoms. The standard InChI is InChI=1S/C23H31N5O4S/c1-23(2)12-18-20(21(30)24-23)33-22(28(18)32-14-29)27-9-10-31-19-11-15(5-6-17(19)27)26(4)16-7-8-25(3)13-16/h5-6,11,14,16,22H,7-10,12-13H2,1-4H3,(H,24,30). The van der Waals surface area contributed by atoms with Crippen LogP contribution in [-0.4, -0.2) is 79.8 Å². The zero-order chi connectivity index (χ0) is 23.3. The summed E-state index contributed by atoms with van der Waals surface area (Å²) in [5, 5.41) is 4.64. The Morgan fingerprint density at radius 1 is 1.33 bits per heavy atom. The minimum atomic E-state index is -0.410. The quantitative estimate of drug-likeness (QED) is 0.646. The molecule has 4 aliphatic heterocycles. The Bertz CT molecular complexity index is 999. The Hall–Kier alpha value is -2.59. The molecular formula is C23H31N5O4S. The van der Waals surface area contributed by atoms with Gasteiger partial charge < -0.3 is 29.6 Å². The maximum absolute atomic E-state index is 12.8. The summed E-state index contributed by atoms with van der Waals surface area (Å²) in [5.41, 5.74) is 2.02. The number of nitrogens with zero attached hydrogens (tertiary/aromatic N) is 4. The second-order valence-corrected chi connectivity index (χ2v) is 10.8. The van der Waals surface area contributed by atoms with E-state index in [1.165, 1.54) is 11.8 Å². The van der Waals surface area contributed by atoms with Crippen LogP contribution < -0.4 is 19.9 Å². The Kier molecular flexibility index (Phi) is 5.60. The van der Waals surface area contributed by atoms with Crippen molar-refractivity contribution in [1.29, 1.82) is 0 Å². The highest BCUT2D eigenvalue weighted by atomic mass is 32.2. The Balaban J connectivity index is 1.42. The second-order valence-electron chi connectivity index (χ2n) is 9.77. The molecule has 1 amide bonds. The number of fused-ring (bicyclic) bond motifs is 1. The lowest BCUT2D eigenvalue weighted by Crippen LogP contribution is -2.50. The molecule has 1 aromatic rings. The molecule has 0 spiro atoms. The van der Waals surface area contributed by atoms with Crippen LogP contribution in [0.5, 0.6) is 5.75 Å². The van der Waals surface area contributed by atoms with Crippen molar-refractivity contribution in [2.75, 3.05) is 50.1 Å². The lowest BCUT2D eigenvalue weighted by atomic mass is 9.94. The van der Waals surface area contributed by atoms with Crippen LogP contribution in [0, 0.1) is 0 Å². The molecule has 0 bridgehead atoms. The monoisotopic (exact) mass is 473 g/mol. The van der Waals surface area contributed by atoms with Gasteiger partial charge in [0.25, 0.3) is 5.91 Å². The van der Waals surface area contributed by atoms with Gasteiger partial charge in [-0.05, 0) is 46.0 Å². The van der Waals surface area contributed by atoms with E-state index in [9.17, 15) is 9.59 Å². The zero-order valence-corrected chi connectivity index (χ0v) is 20.4. The first-order valence-electron chi connectivity index (χ1n) is 11.3. The molecule has 10 heteroatoms. The van der Waals surface area contributed by atoms with E-state index in [0.717, 1.165) is 42.3 Å². The Morgan fingerprint density at radius 2 is 2.15 bits per heavy atom. The molecule has 0 aliphatic carbocycles. The smallest absolute Gasteiger partial charge is 0.320 e. The van der Waals surface area contributed by atoms with Crippen molar-refractivity contribution in [1.82, 2.24) is 15.3 Å². The van der Waals surface area contributed by atoms with Gasteiger partial charge in [0.1, 0.15) is 12.4 Å². The number of benzene rings is 1. The number of rotatable bonds is 5. The molecule has 178 valence electrons. The average molecular weight is 474 g/mol. The van der Waals surface area contributed by atoms with Crippen molar-refractivity contribution in [2.24, 2.45) is 0 Å². The first-order chi connectivity index (χ1) is 15.8. The van der Waals surface area contributed by atoms with Crippen molar-refractivity contribution in [2.45, 2.75) is 43.8 Å². The largest absolute Gasteiger partial charge is 0.489 e. The van der Waals surface area contributed by atoms with Crippen LogP contribution in [0.4, 0.5) is 11.4 Å². The molecule has 9 nitrogen and oxygen atoms in total. The Labute approximate surface area is 198 Å². The van der Waals surface area contributed by atoms with Crippen LogP contribution in [-0.2, 0) is 14.4 Å². The molecule has 0 saturated carbocycles. The first kappa shape index (κ1) is 22.2. The molecule has 4 aliphatic rings. The number of carbonyl (C=O) groups excluding carboxylic acids is 2. The number of hydrogen-bond acceptors (Lipinski definition) is 9. The van der Waals surface area contributed by atoms with Crippen LogP contribution in [0.1, 0.15) is 26.7 Å². The number of hydrogen-bond donors (Lipinski definition) is 1. The predicted molar refractivity (Wildman–Crippen MR) is 128 cm³/mol. The first-order valence-corrected chi connectivity index (χ1v) is 12.2. The number of amides is 1. The van der Waals surface area contributed by atoms with Gasteiger partial charge in [-0.25, -0.2) is 0 Å². The molecule has 1 fully saturated rings. The molecule has 2 unspecified atom stereocenters. The highest BCUT2D eigenvalue weighted by molar-refractivity contribution is 8.04. The van der Waals surface area contributed by atoms with Crippen molar-refractivity contribution >= 4 is 35.5 Å². The van der Waals surface area contributed by atoms with Crippen molar-refractivity contribution in [3.8, 4) is 5.75 Å². The van der Waals surface area contributed by atoms with E-state index in [1.54, 1.807) is 5.06 Å². The summed E-state index contributed by atoms with van der Waals surface area (Å²) in [5.74, 6) is 0.679. The van der Waals surface area contributed by atoms with Crippen molar-refractivity contribution in [3.63, 3.8) is 0 Å².